The minimum atomic E-state index is -0.199. The highest BCUT2D eigenvalue weighted by molar-refractivity contribution is 5.38. The molecule has 22 heavy (non-hydrogen) atoms. The van der Waals surface area contributed by atoms with Gasteiger partial charge in [-0.1, -0.05) is 6.07 Å². The first-order valence-electron chi connectivity index (χ1n) is 8.63. The highest BCUT2D eigenvalue weighted by Crippen LogP contribution is 2.16. The zero-order valence-corrected chi connectivity index (χ0v) is 13.4. The lowest BCUT2D eigenvalue weighted by molar-refractivity contribution is -0.0252. The molecule has 0 aliphatic carbocycles. The summed E-state index contributed by atoms with van der Waals surface area (Å²) in [6.07, 6.45) is 6.18. The molecule has 0 aromatic carbocycles. The van der Waals surface area contributed by atoms with E-state index in [0.29, 0.717) is 0 Å². The van der Waals surface area contributed by atoms with E-state index < -0.39 is 0 Å². The van der Waals surface area contributed by atoms with E-state index in [-0.39, 0.29) is 6.23 Å². The molecule has 5 nitrogen and oxygen atoms in total. The van der Waals surface area contributed by atoms with Gasteiger partial charge in [-0.05, 0) is 44.4 Å². The Hall–Kier alpha value is -1.17. The highest BCUT2D eigenvalue weighted by atomic mass is 16.3. The summed E-state index contributed by atoms with van der Waals surface area (Å²) in [4.78, 5) is 11.6. The molecule has 1 N–H and O–H groups in total. The van der Waals surface area contributed by atoms with Gasteiger partial charge in [0.15, 0.2) is 0 Å². The number of likely N-dealkylation sites (tertiary alicyclic amines) is 1. The summed E-state index contributed by atoms with van der Waals surface area (Å²) in [5, 5.41) is 9.97. The van der Waals surface area contributed by atoms with Crippen molar-refractivity contribution in [2.24, 2.45) is 0 Å². The molecule has 1 aromatic heterocycles. The van der Waals surface area contributed by atoms with Gasteiger partial charge in [0.1, 0.15) is 12.0 Å². The Labute approximate surface area is 133 Å². The van der Waals surface area contributed by atoms with E-state index in [9.17, 15) is 5.11 Å². The Kier molecular flexibility index (Phi) is 5.64. The first-order valence-corrected chi connectivity index (χ1v) is 8.63. The molecule has 1 aromatic rings. The fourth-order valence-electron chi connectivity index (χ4n) is 3.47. The second-order valence-electron chi connectivity index (χ2n) is 6.38. The van der Waals surface area contributed by atoms with E-state index in [0.717, 1.165) is 64.5 Å². The smallest absolute Gasteiger partial charge is 0.128 e. The van der Waals surface area contributed by atoms with Crippen LogP contribution in [-0.2, 0) is 0 Å². The average molecular weight is 304 g/mol. The second kappa shape index (κ2) is 7.90. The third-order valence-electron chi connectivity index (χ3n) is 4.84. The summed E-state index contributed by atoms with van der Waals surface area (Å²) in [6, 6.07) is 6.11. The monoisotopic (exact) mass is 304 g/mol. The molecule has 2 aliphatic heterocycles. The number of hydrogen-bond donors (Lipinski definition) is 1. The van der Waals surface area contributed by atoms with E-state index in [1.807, 2.05) is 12.3 Å². The van der Waals surface area contributed by atoms with E-state index in [4.69, 9.17) is 0 Å². The Bertz CT molecular complexity index is 434. The number of aliphatic hydroxyl groups is 1. The van der Waals surface area contributed by atoms with Crippen LogP contribution in [0.3, 0.4) is 0 Å². The van der Waals surface area contributed by atoms with Gasteiger partial charge in [-0.15, -0.1) is 0 Å². The normalized spacial score (nSPS) is 24.6. The summed E-state index contributed by atoms with van der Waals surface area (Å²) in [6.45, 7) is 7.57. The predicted molar refractivity (Wildman–Crippen MR) is 88.9 cm³/mol. The Balaban J connectivity index is 1.35. The Morgan fingerprint density at radius 1 is 1.05 bits per heavy atom. The van der Waals surface area contributed by atoms with Crippen LogP contribution in [0.1, 0.15) is 25.7 Å². The van der Waals surface area contributed by atoms with Crippen LogP contribution in [0.25, 0.3) is 0 Å². The van der Waals surface area contributed by atoms with E-state index in [1.54, 1.807) is 0 Å². The van der Waals surface area contributed by atoms with E-state index in [1.165, 1.54) is 12.8 Å². The van der Waals surface area contributed by atoms with Crippen LogP contribution in [-0.4, -0.2) is 71.9 Å². The molecule has 3 rings (SSSR count). The Morgan fingerprint density at radius 3 is 2.64 bits per heavy atom. The molecule has 1 atom stereocenters. The SMILES string of the molecule is OC1CCCCN1CCCN1CCN(c2ccccn2)CC1. The highest BCUT2D eigenvalue weighted by Gasteiger charge is 2.21. The Morgan fingerprint density at radius 2 is 1.91 bits per heavy atom. The molecule has 0 saturated carbocycles. The van der Waals surface area contributed by atoms with Crippen LogP contribution >= 0.6 is 0 Å². The van der Waals surface area contributed by atoms with Gasteiger partial charge in [-0.2, -0.15) is 0 Å². The summed E-state index contributed by atoms with van der Waals surface area (Å²) < 4.78 is 0. The minimum absolute atomic E-state index is 0.199. The maximum atomic E-state index is 9.97. The molecular weight excluding hydrogens is 276 g/mol. The largest absolute Gasteiger partial charge is 0.378 e. The van der Waals surface area contributed by atoms with Crippen LogP contribution < -0.4 is 4.90 Å². The molecular formula is C17H28N4O. The van der Waals surface area contributed by atoms with Gasteiger partial charge in [0, 0.05) is 45.5 Å². The van der Waals surface area contributed by atoms with Crippen molar-refractivity contribution in [3.05, 3.63) is 24.4 Å². The van der Waals surface area contributed by atoms with Gasteiger partial charge in [0.2, 0.25) is 0 Å². The van der Waals surface area contributed by atoms with Crippen molar-refractivity contribution < 1.29 is 5.11 Å². The van der Waals surface area contributed by atoms with E-state index in [2.05, 4.69) is 31.8 Å². The molecule has 122 valence electrons. The number of nitrogens with zero attached hydrogens (tertiary/aromatic N) is 4. The number of rotatable bonds is 5. The van der Waals surface area contributed by atoms with Gasteiger partial charge in [0.25, 0.3) is 0 Å². The van der Waals surface area contributed by atoms with Crippen molar-refractivity contribution >= 4 is 5.82 Å². The average Bonchev–Trinajstić information content (AvgIpc) is 2.58. The number of piperazine rings is 1. The molecule has 0 spiro atoms. The van der Waals surface area contributed by atoms with Gasteiger partial charge < -0.3 is 10.0 Å². The minimum Gasteiger partial charge on any atom is -0.378 e. The summed E-state index contributed by atoms with van der Waals surface area (Å²) >= 11 is 0. The van der Waals surface area contributed by atoms with Crippen molar-refractivity contribution in [2.75, 3.05) is 50.7 Å². The second-order valence-corrected chi connectivity index (χ2v) is 6.38. The number of piperidine rings is 1. The fourth-order valence-corrected chi connectivity index (χ4v) is 3.47. The molecule has 2 aliphatic rings. The molecule has 5 heteroatoms. The summed E-state index contributed by atoms with van der Waals surface area (Å²) in [5.41, 5.74) is 0. The van der Waals surface area contributed by atoms with Crippen molar-refractivity contribution in [2.45, 2.75) is 31.9 Å². The predicted octanol–water partition coefficient (Wildman–Crippen LogP) is 1.40. The van der Waals surface area contributed by atoms with Crippen molar-refractivity contribution in [3.8, 4) is 0 Å². The maximum absolute atomic E-state index is 9.97. The van der Waals surface area contributed by atoms with Crippen molar-refractivity contribution in [1.29, 1.82) is 0 Å². The van der Waals surface area contributed by atoms with Gasteiger partial charge >= 0.3 is 0 Å². The van der Waals surface area contributed by atoms with Gasteiger partial charge in [-0.3, -0.25) is 9.80 Å². The van der Waals surface area contributed by atoms with Crippen molar-refractivity contribution in [3.63, 3.8) is 0 Å². The number of pyridine rings is 1. The molecule has 3 heterocycles. The zero-order valence-electron chi connectivity index (χ0n) is 13.4. The third-order valence-corrected chi connectivity index (χ3v) is 4.84. The van der Waals surface area contributed by atoms with Crippen LogP contribution in [0.2, 0.25) is 0 Å². The summed E-state index contributed by atoms with van der Waals surface area (Å²) in [7, 11) is 0. The third kappa shape index (κ3) is 4.18. The van der Waals surface area contributed by atoms with Crippen LogP contribution in [0.15, 0.2) is 24.4 Å². The maximum Gasteiger partial charge on any atom is 0.128 e. The van der Waals surface area contributed by atoms with Crippen LogP contribution in [0, 0.1) is 0 Å². The lowest BCUT2D eigenvalue weighted by Crippen LogP contribution is -2.47. The number of aromatic nitrogens is 1. The van der Waals surface area contributed by atoms with Crippen molar-refractivity contribution in [1.82, 2.24) is 14.8 Å². The fraction of sp³-hybridized carbons (Fsp3) is 0.706. The quantitative estimate of drug-likeness (QED) is 0.891. The first kappa shape index (κ1) is 15.7. The number of aliphatic hydroxyl groups excluding tert-OH is 1. The van der Waals surface area contributed by atoms with Gasteiger partial charge in [-0.25, -0.2) is 4.98 Å². The molecule has 2 saturated heterocycles. The van der Waals surface area contributed by atoms with Crippen LogP contribution in [0.4, 0.5) is 5.82 Å². The number of hydrogen-bond acceptors (Lipinski definition) is 5. The standard InChI is InChI=1S/C17H28N4O/c22-17-7-2-4-10-21(17)11-5-9-19-12-14-20(15-13-19)16-6-1-3-8-18-16/h1,3,6,8,17,22H,2,4-5,7,9-15H2. The van der Waals surface area contributed by atoms with E-state index >= 15 is 0 Å². The number of anilines is 1. The zero-order chi connectivity index (χ0) is 15.2. The lowest BCUT2D eigenvalue weighted by atomic mass is 10.1. The molecule has 0 bridgehead atoms. The van der Waals surface area contributed by atoms with Gasteiger partial charge in [0.05, 0.1) is 0 Å². The van der Waals surface area contributed by atoms with Crippen LogP contribution in [0.5, 0.6) is 0 Å². The first-order chi connectivity index (χ1) is 10.8. The molecule has 0 amide bonds. The molecule has 2 fully saturated rings. The topological polar surface area (TPSA) is 42.8 Å². The molecule has 1 unspecified atom stereocenters. The molecule has 0 radical (unpaired) electrons. The summed E-state index contributed by atoms with van der Waals surface area (Å²) in [5.74, 6) is 1.10. The lowest BCUT2D eigenvalue weighted by Gasteiger charge is -2.36.